The van der Waals surface area contributed by atoms with Crippen LogP contribution in [0.25, 0.3) is 10.8 Å². The minimum Gasteiger partial charge on any atom is -0.505 e. The van der Waals surface area contributed by atoms with Crippen molar-refractivity contribution in [2.24, 2.45) is 4.99 Å². The molecule has 0 aliphatic heterocycles. The number of hydrogen-bond donors (Lipinski definition) is 1. The topological polar surface area (TPSA) is 32.6 Å². The van der Waals surface area contributed by atoms with Crippen molar-refractivity contribution in [1.29, 1.82) is 0 Å². The molecule has 0 saturated carbocycles. The third kappa shape index (κ3) is 2.50. The zero-order chi connectivity index (χ0) is 14.8. The Balaban J connectivity index is 2.17. The highest BCUT2D eigenvalue weighted by molar-refractivity contribution is 6.31. The second-order valence-corrected chi connectivity index (χ2v) is 5.29. The van der Waals surface area contributed by atoms with E-state index in [0.29, 0.717) is 17.1 Å². The highest BCUT2D eigenvalue weighted by atomic mass is 35.5. The van der Waals surface area contributed by atoms with E-state index in [0.717, 1.165) is 21.9 Å². The molecule has 0 aliphatic rings. The Kier molecular flexibility index (Phi) is 3.63. The Morgan fingerprint density at radius 2 is 1.71 bits per heavy atom. The monoisotopic (exact) mass is 295 g/mol. The molecule has 3 aromatic rings. The maximum absolute atomic E-state index is 10.5. The molecule has 0 bridgehead atoms. The van der Waals surface area contributed by atoms with Gasteiger partial charge in [0, 0.05) is 22.4 Å². The fraction of sp³-hybridized carbons (Fsp3) is 0.0556. The van der Waals surface area contributed by atoms with Crippen LogP contribution in [0.2, 0.25) is 5.02 Å². The van der Waals surface area contributed by atoms with Gasteiger partial charge in [0.05, 0.1) is 0 Å². The Labute approximate surface area is 128 Å². The molecule has 0 saturated heterocycles. The standard InChI is InChI=1S/C18H14ClNO/c1-20-17-15-8-4-2-6-12(15)10-14(18(17)21)11-13-7-3-5-9-16(13)19/h2-10,21H,1,11H2. The van der Waals surface area contributed by atoms with Gasteiger partial charge in [0.1, 0.15) is 11.4 Å². The second kappa shape index (κ2) is 5.58. The summed E-state index contributed by atoms with van der Waals surface area (Å²) in [5.41, 5.74) is 2.29. The first-order valence-corrected chi connectivity index (χ1v) is 7.02. The Hall–Kier alpha value is -2.32. The van der Waals surface area contributed by atoms with Gasteiger partial charge in [0.2, 0.25) is 0 Å². The maximum atomic E-state index is 10.5. The van der Waals surface area contributed by atoms with Crippen LogP contribution < -0.4 is 0 Å². The summed E-state index contributed by atoms with van der Waals surface area (Å²) in [7, 11) is 0. The number of aromatic hydroxyl groups is 1. The first-order valence-electron chi connectivity index (χ1n) is 6.64. The summed E-state index contributed by atoms with van der Waals surface area (Å²) in [6.07, 6.45) is 0.554. The minimum atomic E-state index is 0.170. The lowest BCUT2D eigenvalue weighted by Crippen LogP contribution is -1.91. The van der Waals surface area contributed by atoms with Gasteiger partial charge in [0.25, 0.3) is 0 Å². The van der Waals surface area contributed by atoms with Gasteiger partial charge in [-0.25, -0.2) is 0 Å². The predicted octanol–water partition coefficient (Wildman–Crippen LogP) is 5.12. The number of halogens is 1. The number of rotatable bonds is 3. The number of phenols is 1. The van der Waals surface area contributed by atoms with E-state index in [1.54, 1.807) is 0 Å². The van der Waals surface area contributed by atoms with Gasteiger partial charge >= 0.3 is 0 Å². The summed E-state index contributed by atoms with van der Waals surface area (Å²) in [5, 5.41) is 13.1. The highest BCUT2D eigenvalue weighted by Gasteiger charge is 2.13. The highest BCUT2D eigenvalue weighted by Crippen LogP contribution is 2.39. The fourth-order valence-corrected chi connectivity index (χ4v) is 2.72. The Morgan fingerprint density at radius 1 is 1.00 bits per heavy atom. The molecule has 0 aromatic heterocycles. The molecule has 0 aliphatic carbocycles. The molecular formula is C18H14ClNO. The average Bonchev–Trinajstić information content (AvgIpc) is 2.50. The first kappa shape index (κ1) is 13.7. The second-order valence-electron chi connectivity index (χ2n) is 4.88. The van der Waals surface area contributed by atoms with E-state index >= 15 is 0 Å². The molecule has 3 heteroatoms. The van der Waals surface area contributed by atoms with E-state index in [1.807, 2.05) is 54.6 Å². The molecule has 104 valence electrons. The van der Waals surface area contributed by atoms with Crippen LogP contribution >= 0.6 is 11.6 Å². The molecular weight excluding hydrogens is 282 g/mol. The van der Waals surface area contributed by atoms with Crippen LogP contribution in [0.15, 0.2) is 59.6 Å². The van der Waals surface area contributed by atoms with Gasteiger partial charge in [-0.15, -0.1) is 0 Å². The van der Waals surface area contributed by atoms with E-state index in [1.165, 1.54) is 0 Å². The van der Waals surface area contributed by atoms with Gasteiger partial charge in [-0.2, -0.15) is 0 Å². The molecule has 0 fully saturated rings. The van der Waals surface area contributed by atoms with Crippen molar-refractivity contribution >= 4 is 34.8 Å². The molecule has 0 radical (unpaired) electrons. The van der Waals surface area contributed by atoms with Crippen LogP contribution in [0.3, 0.4) is 0 Å². The number of phenolic OH excluding ortho intramolecular Hbond substituents is 1. The SMILES string of the molecule is C=Nc1c(O)c(Cc2ccccc2Cl)cc2ccccc12. The van der Waals surface area contributed by atoms with E-state index in [-0.39, 0.29) is 5.75 Å². The number of aliphatic imine (C=N–C) groups is 1. The first-order chi connectivity index (χ1) is 10.2. The van der Waals surface area contributed by atoms with Crippen LogP contribution in [-0.2, 0) is 6.42 Å². The molecule has 0 atom stereocenters. The summed E-state index contributed by atoms with van der Waals surface area (Å²) in [6, 6.07) is 17.4. The summed E-state index contributed by atoms with van der Waals surface area (Å²) in [6.45, 7) is 3.57. The van der Waals surface area contributed by atoms with Gasteiger partial charge in [-0.1, -0.05) is 54.1 Å². The zero-order valence-electron chi connectivity index (χ0n) is 11.4. The summed E-state index contributed by atoms with van der Waals surface area (Å²) in [4.78, 5) is 3.99. The van der Waals surface area contributed by atoms with Crippen molar-refractivity contribution in [2.75, 3.05) is 0 Å². The third-order valence-electron chi connectivity index (χ3n) is 3.57. The predicted molar refractivity (Wildman–Crippen MR) is 89.1 cm³/mol. The van der Waals surface area contributed by atoms with Crippen LogP contribution in [0.5, 0.6) is 5.75 Å². The van der Waals surface area contributed by atoms with E-state index < -0.39 is 0 Å². The quantitative estimate of drug-likeness (QED) is 0.668. The molecule has 3 aromatic carbocycles. The van der Waals surface area contributed by atoms with Crippen LogP contribution in [0, 0.1) is 0 Å². The summed E-state index contributed by atoms with van der Waals surface area (Å²) < 4.78 is 0. The molecule has 1 N–H and O–H groups in total. The average molecular weight is 296 g/mol. The van der Waals surface area contributed by atoms with Gasteiger partial charge in [0.15, 0.2) is 0 Å². The number of benzene rings is 3. The normalized spacial score (nSPS) is 10.7. The zero-order valence-corrected chi connectivity index (χ0v) is 12.1. The lowest BCUT2D eigenvalue weighted by molar-refractivity contribution is 0.472. The van der Waals surface area contributed by atoms with E-state index in [4.69, 9.17) is 11.6 Å². The van der Waals surface area contributed by atoms with Crippen LogP contribution in [0.1, 0.15) is 11.1 Å². The van der Waals surface area contributed by atoms with Crippen molar-refractivity contribution in [3.63, 3.8) is 0 Å². The maximum Gasteiger partial charge on any atom is 0.145 e. The molecule has 0 spiro atoms. The van der Waals surface area contributed by atoms with Crippen molar-refractivity contribution < 1.29 is 5.11 Å². The van der Waals surface area contributed by atoms with Crippen LogP contribution in [0.4, 0.5) is 5.69 Å². The Morgan fingerprint density at radius 3 is 2.48 bits per heavy atom. The Bertz CT molecular complexity index is 827. The molecule has 0 unspecified atom stereocenters. The molecule has 2 nitrogen and oxygen atoms in total. The largest absolute Gasteiger partial charge is 0.505 e. The fourth-order valence-electron chi connectivity index (χ4n) is 2.52. The lowest BCUT2D eigenvalue weighted by Gasteiger charge is -2.11. The third-order valence-corrected chi connectivity index (χ3v) is 3.94. The number of hydrogen-bond acceptors (Lipinski definition) is 2. The van der Waals surface area contributed by atoms with E-state index in [2.05, 4.69) is 11.7 Å². The number of fused-ring (bicyclic) bond motifs is 1. The van der Waals surface area contributed by atoms with Crippen molar-refractivity contribution in [3.05, 3.63) is 70.7 Å². The summed E-state index contributed by atoms with van der Waals surface area (Å²) in [5.74, 6) is 0.170. The van der Waals surface area contributed by atoms with Crippen LogP contribution in [-0.4, -0.2) is 11.8 Å². The van der Waals surface area contributed by atoms with Crippen molar-refractivity contribution in [3.8, 4) is 5.75 Å². The van der Waals surface area contributed by atoms with Crippen molar-refractivity contribution in [1.82, 2.24) is 0 Å². The summed E-state index contributed by atoms with van der Waals surface area (Å²) >= 11 is 6.20. The van der Waals surface area contributed by atoms with E-state index in [9.17, 15) is 5.11 Å². The van der Waals surface area contributed by atoms with Crippen molar-refractivity contribution in [2.45, 2.75) is 6.42 Å². The molecule has 0 heterocycles. The molecule has 21 heavy (non-hydrogen) atoms. The lowest BCUT2D eigenvalue weighted by atomic mass is 9.98. The van der Waals surface area contributed by atoms with Gasteiger partial charge < -0.3 is 5.11 Å². The van der Waals surface area contributed by atoms with Gasteiger partial charge in [-0.3, -0.25) is 4.99 Å². The smallest absolute Gasteiger partial charge is 0.145 e. The molecule has 0 amide bonds. The minimum absolute atomic E-state index is 0.170. The molecule has 3 rings (SSSR count). The van der Waals surface area contributed by atoms with Gasteiger partial charge in [-0.05, 0) is 29.8 Å². The number of nitrogens with zero attached hydrogens (tertiary/aromatic N) is 1.